The first-order valence-corrected chi connectivity index (χ1v) is 10.5. The van der Waals surface area contributed by atoms with Gasteiger partial charge in [-0.25, -0.2) is 17.6 Å². The Labute approximate surface area is 156 Å². The van der Waals surface area contributed by atoms with Crippen molar-refractivity contribution < 1.29 is 17.6 Å². The molecule has 2 amide bonds. The van der Waals surface area contributed by atoms with Crippen LogP contribution in [0.1, 0.15) is 9.75 Å². The first kappa shape index (κ1) is 18.8. The minimum atomic E-state index is -3.89. The smallest absolute Gasteiger partial charge is 0.317 e. The minimum Gasteiger partial charge on any atom is -0.333 e. The fourth-order valence-electron chi connectivity index (χ4n) is 2.78. The van der Waals surface area contributed by atoms with E-state index >= 15 is 0 Å². The van der Waals surface area contributed by atoms with Gasteiger partial charge in [0.2, 0.25) is 10.0 Å². The van der Waals surface area contributed by atoms with Crippen LogP contribution in [0.3, 0.4) is 0 Å². The Morgan fingerprint density at radius 1 is 1.15 bits per heavy atom. The van der Waals surface area contributed by atoms with E-state index < -0.39 is 15.8 Å². The average molecular weight is 397 g/mol. The molecule has 0 unspecified atom stereocenters. The molecule has 1 saturated heterocycles. The summed E-state index contributed by atoms with van der Waals surface area (Å²) in [5, 5.41) is 2.85. The molecule has 140 valence electrons. The summed E-state index contributed by atoms with van der Waals surface area (Å²) in [6, 6.07) is 9.07. The predicted octanol–water partition coefficient (Wildman–Crippen LogP) is 2.41. The van der Waals surface area contributed by atoms with Gasteiger partial charge in [-0.2, -0.15) is 4.31 Å². The van der Waals surface area contributed by atoms with Crippen molar-refractivity contribution in [3.8, 4) is 0 Å². The fraction of sp³-hybridized carbons (Fsp3) is 0.353. The summed E-state index contributed by atoms with van der Waals surface area (Å²) in [7, 11) is -3.89. The van der Waals surface area contributed by atoms with E-state index in [0.717, 1.165) is 10.9 Å². The largest absolute Gasteiger partial charge is 0.333 e. The second kappa shape index (κ2) is 7.73. The second-order valence-corrected chi connectivity index (χ2v) is 9.27. The monoisotopic (exact) mass is 397 g/mol. The van der Waals surface area contributed by atoms with Gasteiger partial charge in [0.15, 0.2) is 0 Å². The zero-order valence-corrected chi connectivity index (χ0v) is 15.9. The normalized spacial score (nSPS) is 15.8. The highest BCUT2D eigenvalue weighted by atomic mass is 32.2. The molecule has 0 bridgehead atoms. The number of carbonyl (C=O) groups excluding carboxylic acids is 1. The van der Waals surface area contributed by atoms with Gasteiger partial charge < -0.3 is 10.2 Å². The third-order valence-electron chi connectivity index (χ3n) is 4.19. The molecule has 3 rings (SSSR count). The summed E-state index contributed by atoms with van der Waals surface area (Å²) in [4.78, 5) is 15.7. The van der Waals surface area contributed by atoms with Gasteiger partial charge in [0.05, 0.1) is 6.54 Å². The van der Waals surface area contributed by atoms with Crippen molar-refractivity contribution in [2.24, 2.45) is 0 Å². The van der Waals surface area contributed by atoms with Crippen molar-refractivity contribution in [1.29, 1.82) is 0 Å². The van der Waals surface area contributed by atoms with Crippen molar-refractivity contribution in [3.63, 3.8) is 0 Å². The van der Waals surface area contributed by atoms with Crippen LogP contribution in [0.2, 0.25) is 0 Å². The van der Waals surface area contributed by atoms with Crippen LogP contribution >= 0.6 is 11.3 Å². The molecule has 0 saturated carbocycles. The maximum atomic E-state index is 13.8. The van der Waals surface area contributed by atoms with E-state index in [-0.39, 0.29) is 37.1 Å². The molecule has 2 aromatic rings. The Morgan fingerprint density at radius 2 is 1.85 bits per heavy atom. The molecular weight excluding hydrogens is 377 g/mol. The molecule has 0 radical (unpaired) electrons. The van der Waals surface area contributed by atoms with E-state index in [2.05, 4.69) is 5.32 Å². The van der Waals surface area contributed by atoms with Crippen LogP contribution in [-0.4, -0.2) is 49.8 Å². The number of urea groups is 1. The molecule has 0 aliphatic carbocycles. The number of nitrogens with zero attached hydrogens (tertiary/aromatic N) is 2. The molecule has 9 heteroatoms. The molecule has 1 aromatic carbocycles. The Bertz CT molecular complexity index is 890. The number of benzene rings is 1. The molecule has 1 N–H and O–H groups in total. The number of sulfonamides is 1. The topological polar surface area (TPSA) is 69.7 Å². The number of rotatable bonds is 4. The Kier molecular flexibility index (Phi) is 5.59. The lowest BCUT2D eigenvalue weighted by atomic mass is 10.3. The first-order chi connectivity index (χ1) is 12.4. The van der Waals surface area contributed by atoms with Crippen LogP contribution in [0.15, 0.2) is 41.3 Å². The Hall–Kier alpha value is -1.97. The second-order valence-electron chi connectivity index (χ2n) is 5.99. The summed E-state index contributed by atoms with van der Waals surface area (Å²) in [5.74, 6) is -0.765. The molecule has 0 atom stereocenters. The lowest BCUT2D eigenvalue weighted by molar-refractivity contribution is 0.172. The number of hydrogen-bond acceptors (Lipinski definition) is 4. The summed E-state index contributed by atoms with van der Waals surface area (Å²) in [5.41, 5.74) is 0. The van der Waals surface area contributed by atoms with Crippen molar-refractivity contribution >= 4 is 27.4 Å². The summed E-state index contributed by atoms with van der Waals surface area (Å²) < 4.78 is 40.2. The molecule has 6 nitrogen and oxygen atoms in total. The third kappa shape index (κ3) is 4.05. The van der Waals surface area contributed by atoms with Crippen molar-refractivity contribution in [2.75, 3.05) is 26.2 Å². The van der Waals surface area contributed by atoms with Crippen LogP contribution in [0.4, 0.5) is 9.18 Å². The van der Waals surface area contributed by atoms with Gasteiger partial charge in [-0.05, 0) is 31.2 Å². The van der Waals surface area contributed by atoms with Gasteiger partial charge in [-0.1, -0.05) is 12.1 Å². The molecule has 2 heterocycles. The van der Waals surface area contributed by atoms with E-state index in [4.69, 9.17) is 0 Å². The number of thiophene rings is 1. The van der Waals surface area contributed by atoms with Crippen LogP contribution < -0.4 is 5.32 Å². The lowest BCUT2D eigenvalue weighted by Crippen LogP contribution is -2.53. The summed E-state index contributed by atoms with van der Waals surface area (Å²) in [6.45, 7) is 3.27. The predicted molar refractivity (Wildman–Crippen MR) is 98.0 cm³/mol. The van der Waals surface area contributed by atoms with Crippen molar-refractivity contribution in [1.82, 2.24) is 14.5 Å². The number of hydrogen-bond donors (Lipinski definition) is 1. The number of carbonyl (C=O) groups is 1. The standard InChI is InChI=1S/C17H20FN3O3S2/c1-13-6-7-14(25-13)12-19-17(22)20-8-10-21(11-9-20)26(23,24)16-5-3-2-4-15(16)18/h2-7H,8-12H2,1H3,(H,19,22). The maximum Gasteiger partial charge on any atom is 0.317 e. The SMILES string of the molecule is Cc1ccc(CNC(=O)N2CCN(S(=O)(=O)c3ccccc3F)CC2)s1. The van der Waals surface area contributed by atoms with Crippen LogP contribution in [0.25, 0.3) is 0 Å². The number of amides is 2. The van der Waals surface area contributed by atoms with E-state index in [1.54, 1.807) is 16.2 Å². The zero-order valence-electron chi connectivity index (χ0n) is 14.3. The van der Waals surface area contributed by atoms with Crippen molar-refractivity contribution in [3.05, 3.63) is 52.0 Å². The van der Waals surface area contributed by atoms with E-state index in [1.807, 2.05) is 19.1 Å². The van der Waals surface area contributed by atoms with Crippen LogP contribution in [0, 0.1) is 12.7 Å². The van der Waals surface area contributed by atoms with Gasteiger partial charge in [-0.3, -0.25) is 0 Å². The lowest BCUT2D eigenvalue weighted by Gasteiger charge is -2.34. The number of nitrogens with one attached hydrogen (secondary N) is 1. The third-order valence-corrected chi connectivity index (χ3v) is 7.12. The fourth-order valence-corrected chi connectivity index (χ4v) is 5.10. The molecule has 0 spiro atoms. The summed E-state index contributed by atoms with van der Waals surface area (Å²) in [6.07, 6.45) is 0. The molecule has 1 aromatic heterocycles. The molecular formula is C17H20FN3O3S2. The summed E-state index contributed by atoms with van der Waals surface area (Å²) >= 11 is 1.62. The van der Waals surface area contributed by atoms with Crippen LogP contribution in [-0.2, 0) is 16.6 Å². The zero-order chi connectivity index (χ0) is 18.7. The average Bonchev–Trinajstić information content (AvgIpc) is 3.05. The number of halogens is 1. The Balaban J connectivity index is 1.57. The van der Waals surface area contributed by atoms with Crippen molar-refractivity contribution in [2.45, 2.75) is 18.4 Å². The first-order valence-electron chi connectivity index (χ1n) is 8.21. The Morgan fingerprint density at radius 3 is 2.46 bits per heavy atom. The highest BCUT2D eigenvalue weighted by Crippen LogP contribution is 2.20. The van der Waals surface area contributed by atoms with E-state index in [1.165, 1.54) is 27.4 Å². The molecule has 1 fully saturated rings. The van der Waals surface area contributed by atoms with Gasteiger partial charge in [0, 0.05) is 35.9 Å². The molecule has 26 heavy (non-hydrogen) atoms. The van der Waals surface area contributed by atoms with E-state index in [9.17, 15) is 17.6 Å². The van der Waals surface area contributed by atoms with Gasteiger partial charge in [-0.15, -0.1) is 11.3 Å². The number of piperazine rings is 1. The highest BCUT2D eigenvalue weighted by molar-refractivity contribution is 7.89. The van der Waals surface area contributed by atoms with Gasteiger partial charge >= 0.3 is 6.03 Å². The van der Waals surface area contributed by atoms with E-state index in [0.29, 0.717) is 6.54 Å². The maximum absolute atomic E-state index is 13.8. The minimum absolute atomic E-state index is 0.141. The van der Waals surface area contributed by atoms with Gasteiger partial charge in [0.1, 0.15) is 10.7 Å². The highest BCUT2D eigenvalue weighted by Gasteiger charge is 2.31. The quantitative estimate of drug-likeness (QED) is 0.861. The molecule has 1 aliphatic heterocycles. The molecule has 1 aliphatic rings. The van der Waals surface area contributed by atoms with Crippen LogP contribution in [0.5, 0.6) is 0 Å². The number of aryl methyl sites for hydroxylation is 1. The van der Waals surface area contributed by atoms with Gasteiger partial charge in [0.25, 0.3) is 0 Å².